The molecule has 0 radical (unpaired) electrons. The van der Waals surface area contributed by atoms with Gasteiger partial charge in [0.05, 0.1) is 17.0 Å². The number of hydrogen-bond donors (Lipinski definition) is 1. The van der Waals surface area contributed by atoms with E-state index in [0.717, 1.165) is 4.90 Å². The zero-order valence-electron chi connectivity index (χ0n) is 13.2. The number of Topliss-reactive ketones (excluding diaryl/α,β-unsaturated/α-hetero) is 1. The molecule has 0 fully saturated rings. The van der Waals surface area contributed by atoms with Gasteiger partial charge in [0.25, 0.3) is 0 Å². The number of hydrogen-bond acceptors (Lipinski definition) is 5. The van der Waals surface area contributed by atoms with Gasteiger partial charge in [-0.3, -0.25) is 9.59 Å². The first-order chi connectivity index (χ1) is 11.9. The third-order valence-corrected chi connectivity index (χ3v) is 4.70. The van der Waals surface area contributed by atoms with E-state index in [1.807, 2.05) is 0 Å². The maximum atomic E-state index is 12.9. The van der Waals surface area contributed by atoms with Gasteiger partial charge in [-0.25, -0.2) is 9.18 Å². The van der Waals surface area contributed by atoms with Crippen molar-refractivity contribution in [2.24, 2.45) is 0 Å². The highest BCUT2D eigenvalue weighted by Crippen LogP contribution is 2.32. The summed E-state index contributed by atoms with van der Waals surface area (Å²) in [6.07, 6.45) is -1.02. The third-order valence-electron chi connectivity index (χ3n) is 3.63. The second kappa shape index (κ2) is 7.06. The van der Waals surface area contributed by atoms with Gasteiger partial charge in [0.15, 0.2) is 6.10 Å². The lowest BCUT2D eigenvalue weighted by Crippen LogP contribution is -2.25. The molecule has 3 rings (SSSR count). The predicted octanol–water partition coefficient (Wildman–Crippen LogP) is 3.30. The number of thioether (sulfide) groups is 1. The summed E-state index contributed by atoms with van der Waals surface area (Å²) in [5.74, 6) is -1.34. The van der Waals surface area contributed by atoms with E-state index in [1.165, 1.54) is 49.0 Å². The minimum Gasteiger partial charge on any atom is -0.451 e. The number of ketones is 1. The molecule has 25 heavy (non-hydrogen) atoms. The lowest BCUT2D eigenvalue weighted by molar-refractivity contribution is -0.113. The molecule has 1 atom stereocenters. The molecule has 128 valence electrons. The molecule has 7 heteroatoms. The minimum absolute atomic E-state index is 0.136. The zero-order chi connectivity index (χ0) is 18.0. The standard InChI is InChI=1S/C18H14FNO4S/c1-10(17(22)11-2-5-13(19)6-3-11)24-18(23)12-4-7-15-14(8-12)20-16(21)9-25-15/h2-8,10H,9H2,1H3,(H,20,21)/t10-/m0/s1. The summed E-state index contributed by atoms with van der Waals surface area (Å²) in [4.78, 5) is 36.8. The van der Waals surface area contributed by atoms with Crippen LogP contribution in [0.5, 0.6) is 0 Å². The van der Waals surface area contributed by atoms with Gasteiger partial charge in [0.1, 0.15) is 5.82 Å². The van der Waals surface area contributed by atoms with Crippen LogP contribution in [0.3, 0.4) is 0 Å². The molecule has 5 nitrogen and oxygen atoms in total. The van der Waals surface area contributed by atoms with Crippen LogP contribution < -0.4 is 5.32 Å². The van der Waals surface area contributed by atoms with Crippen LogP contribution in [-0.4, -0.2) is 29.5 Å². The topological polar surface area (TPSA) is 72.5 Å². The average molecular weight is 359 g/mol. The van der Waals surface area contributed by atoms with E-state index in [1.54, 1.807) is 12.1 Å². The van der Waals surface area contributed by atoms with Crippen LogP contribution in [0.2, 0.25) is 0 Å². The van der Waals surface area contributed by atoms with Crippen LogP contribution in [0.15, 0.2) is 47.4 Å². The van der Waals surface area contributed by atoms with Crippen molar-refractivity contribution >= 4 is 35.1 Å². The van der Waals surface area contributed by atoms with Crippen LogP contribution in [-0.2, 0) is 9.53 Å². The number of halogens is 1. The molecule has 0 saturated carbocycles. The lowest BCUT2D eigenvalue weighted by atomic mass is 10.1. The Labute approximate surface area is 147 Å². The van der Waals surface area contributed by atoms with E-state index in [-0.39, 0.29) is 17.0 Å². The van der Waals surface area contributed by atoms with E-state index >= 15 is 0 Å². The molecule has 0 aliphatic carbocycles. The number of nitrogens with one attached hydrogen (secondary N) is 1. The summed E-state index contributed by atoms with van der Waals surface area (Å²) in [6.45, 7) is 1.46. The Hall–Kier alpha value is -2.67. The fraction of sp³-hybridized carbons (Fsp3) is 0.167. The molecular weight excluding hydrogens is 345 g/mol. The van der Waals surface area contributed by atoms with Gasteiger partial charge in [0.2, 0.25) is 11.7 Å². The highest BCUT2D eigenvalue weighted by Gasteiger charge is 2.22. The van der Waals surface area contributed by atoms with Gasteiger partial charge < -0.3 is 10.1 Å². The molecule has 1 amide bonds. The highest BCUT2D eigenvalue weighted by atomic mass is 32.2. The number of benzene rings is 2. The van der Waals surface area contributed by atoms with Crippen molar-refractivity contribution in [2.75, 3.05) is 11.1 Å². The summed E-state index contributed by atoms with van der Waals surface area (Å²) >= 11 is 1.39. The Morgan fingerprint density at radius 3 is 2.56 bits per heavy atom. The second-order valence-electron chi connectivity index (χ2n) is 5.47. The molecule has 1 aliphatic rings. The van der Waals surface area contributed by atoms with Crippen LogP contribution in [0, 0.1) is 5.82 Å². The van der Waals surface area contributed by atoms with Gasteiger partial charge in [0, 0.05) is 10.5 Å². The van der Waals surface area contributed by atoms with Gasteiger partial charge in [-0.2, -0.15) is 0 Å². The molecule has 0 bridgehead atoms. The monoisotopic (exact) mass is 359 g/mol. The largest absolute Gasteiger partial charge is 0.451 e. The Morgan fingerprint density at radius 2 is 1.84 bits per heavy atom. The van der Waals surface area contributed by atoms with Crippen molar-refractivity contribution < 1.29 is 23.5 Å². The molecule has 0 unspecified atom stereocenters. The number of ether oxygens (including phenoxy) is 1. The van der Waals surface area contributed by atoms with Crippen LogP contribution in [0.25, 0.3) is 0 Å². The molecule has 1 N–H and O–H groups in total. The summed E-state index contributed by atoms with van der Waals surface area (Å²) in [7, 11) is 0. The number of amides is 1. The molecule has 2 aromatic rings. The van der Waals surface area contributed by atoms with Crippen molar-refractivity contribution in [2.45, 2.75) is 17.9 Å². The van der Waals surface area contributed by atoms with E-state index in [4.69, 9.17) is 4.74 Å². The van der Waals surface area contributed by atoms with Gasteiger partial charge >= 0.3 is 5.97 Å². The van der Waals surface area contributed by atoms with Crippen molar-refractivity contribution in [3.8, 4) is 0 Å². The Balaban J connectivity index is 1.71. The third kappa shape index (κ3) is 3.88. The molecule has 2 aromatic carbocycles. The van der Waals surface area contributed by atoms with Crippen LogP contribution in [0.1, 0.15) is 27.6 Å². The first-order valence-corrected chi connectivity index (χ1v) is 8.50. The molecule has 1 heterocycles. The number of carbonyl (C=O) groups is 3. The zero-order valence-corrected chi connectivity index (χ0v) is 14.1. The number of rotatable bonds is 4. The number of carbonyl (C=O) groups excluding carboxylic acids is 3. The van der Waals surface area contributed by atoms with Crippen molar-refractivity contribution in [1.29, 1.82) is 0 Å². The molecule has 0 aromatic heterocycles. The SMILES string of the molecule is C[C@H](OC(=O)c1ccc2c(c1)NC(=O)CS2)C(=O)c1ccc(F)cc1. The Kier molecular flexibility index (Phi) is 4.85. The van der Waals surface area contributed by atoms with E-state index in [9.17, 15) is 18.8 Å². The van der Waals surface area contributed by atoms with Gasteiger partial charge in [-0.05, 0) is 49.4 Å². The minimum atomic E-state index is -1.02. The molecule has 0 spiro atoms. The maximum Gasteiger partial charge on any atom is 0.338 e. The number of anilines is 1. The van der Waals surface area contributed by atoms with Crippen LogP contribution in [0.4, 0.5) is 10.1 Å². The molecule has 1 aliphatic heterocycles. The average Bonchev–Trinajstić information content (AvgIpc) is 2.61. The highest BCUT2D eigenvalue weighted by molar-refractivity contribution is 8.00. The van der Waals surface area contributed by atoms with Gasteiger partial charge in [-0.1, -0.05) is 0 Å². The first kappa shape index (κ1) is 17.2. The predicted molar refractivity (Wildman–Crippen MR) is 91.4 cm³/mol. The fourth-order valence-corrected chi connectivity index (χ4v) is 3.13. The van der Waals surface area contributed by atoms with E-state index < -0.39 is 23.7 Å². The molecule has 0 saturated heterocycles. The Morgan fingerprint density at radius 1 is 1.16 bits per heavy atom. The van der Waals surface area contributed by atoms with Crippen LogP contribution >= 0.6 is 11.8 Å². The second-order valence-corrected chi connectivity index (χ2v) is 6.48. The summed E-state index contributed by atoms with van der Waals surface area (Å²) in [5, 5.41) is 2.69. The molecular formula is C18H14FNO4S. The lowest BCUT2D eigenvalue weighted by Gasteiger charge is -2.17. The normalized spacial score (nSPS) is 14.2. The maximum absolute atomic E-state index is 12.9. The summed E-state index contributed by atoms with van der Waals surface area (Å²) in [6, 6.07) is 9.86. The Bertz CT molecular complexity index is 851. The van der Waals surface area contributed by atoms with Crippen molar-refractivity contribution in [3.05, 3.63) is 59.4 Å². The fourth-order valence-electron chi connectivity index (χ4n) is 2.34. The number of fused-ring (bicyclic) bond motifs is 1. The van der Waals surface area contributed by atoms with Gasteiger partial charge in [-0.15, -0.1) is 11.8 Å². The quantitative estimate of drug-likeness (QED) is 0.670. The van der Waals surface area contributed by atoms with E-state index in [0.29, 0.717) is 11.4 Å². The van der Waals surface area contributed by atoms with Crippen molar-refractivity contribution in [1.82, 2.24) is 0 Å². The summed E-state index contributed by atoms with van der Waals surface area (Å²) < 4.78 is 18.1. The van der Waals surface area contributed by atoms with Crippen molar-refractivity contribution in [3.63, 3.8) is 0 Å². The smallest absolute Gasteiger partial charge is 0.338 e. The first-order valence-electron chi connectivity index (χ1n) is 7.51. The number of esters is 1. The van der Waals surface area contributed by atoms with E-state index in [2.05, 4.69) is 5.32 Å². The summed E-state index contributed by atoms with van der Waals surface area (Å²) in [5.41, 5.74) is 1.05.